The van der Waals surface area contributed by atoms with E-state index in [2.05, 4.69) is 57.3 Å². The molecule has 0 radical (unpaired) electrons. The highest BCUT2D eigenvalue weighted by Gasteiger charge is 2.59. The summed E-state index contributed by atoms with van der Waals surface area (Å²) in [7, 11) is 1.68. The Morgan fingerprint density at radius 2 is 1.97 bits per heavy atom. The summed E-state index contributed by atoms with van der Waals surface area (Å²) in [5.74, 6) is 2.98. The van der Waals surface area contributed by atoms with Gasteiger partial charge < -0.3 is 10.1 Å². The Kier molecular flexibility index (Phi) is 5.90. The van der Waals surface area contributed by atoms with Crippen molar-refractivity contribution in [2.24, 2.45) is 34.5 Å². The first kappa shape index (κ1) is 24.2. The monoisotopic (exact) mass is 472 g/mol. The Bertz CT molecular complexity index is 1130. The van der Waals surface area contributed by atoms with Gasteiger partial charge in [-0.25, -0.2) is 0 Å². The molecule has 0 spiro atoms. The van der Waals surface area contributed by atoms with Crippen molar-refractivity contribution in [2.45, 2.75) is 78.2 Å². The van der Waals surface area contributed by atoms with E-state index in [-0.39, 0.29) is 22.7 Å². The summed E-state index contributed by atoms with van der Waals surface area (Å²) in [6, 6.07) is 10.4. The van der Waals surface area contributed by atoms with Crippen LogP contribution in [0.25, 0.3) is 0 Å². The molecule has 35 heavy (non-hydrogen) atoms. The van der Waals surface area contributed by atoms with Gasteiger partial charge in [0.1, 0.15) is 5.75 Å². The molecule has 0 aromatic heterocycles. The number of methoxy groups -OCH3 is 1. The number of amides is 1. The highest BCUT2D eigenvalue weighted by Crippen LogP contribution is 2.66. The van der Waals surface area contributed by atoms with Crippen molar-refractivity contribution in [1.82, 2.24) is 5.32 Å². The first-order chi connectivity index (χ1) is 16.6. The van der Waals surface area contributed by atoms with Gasteiger partial charge in [-0.05, 0) is 117 Å². The number of benzene rings is 1. The minimum Gasteiger partial charge on any atom is -0.497 e. The van der Waals surface area contributed by atoms with Crippen LogP contribution in [0.4, 0.5) is 0 Å². The fourth-order valence-corrected chi connectivity index (χ4v) is 8.32. The van der Waals surface area contributed by atoms with Crippen molar-refractivity contribution < 1.29 is 9.53 Å². The lowest BCUT2D eigenvalue weighted by Crippen LogP contribution is -2.52. The van der Waals surface area contributed by atoms with E-state index in [0.717, 1.165) is 55.4 Å². The fourth-order valence-electron chi connectivity index (χ4n) is 8.32. The molecule has 2 fully saturated rings. The number of hydrogen-bond acceptors (Lipinski definition) is 3. The van der Waals surface area contributed by atoms with Crippen LogP contribution in [0, 0.1) is 45.8 Å². The van der Waals surface area contributed by atoms with Crippen LogP contribution in [0.2, 0.25) is 0 Å². The van der Waals surface area contributed by atoms with Gasteiger partial charge in [0.25, 0.3) is 0 Å². The molecule has 0 aliphatic heterocycles. The van der Waals surface area contributed by atoms with E-state index >= 15 is 0 Å². The lowest BCUT2D eigenvalue weighted by Gasteiger charge is -2.57. The maximum absolute atomic E-state index is 13.8. The van der Waals surface area contributed by atoms with E-state index in [4.69, 9.17) is 4.74 Å². The number of carbonyl (C=O) groups is 1. The molecule has 0 bridgehead atoms. The zero-order valence-electron chi connectivity index (χ0n) is 22.0. The molecule has 6 atom stereocenters. The van der Waals surface area contributed by atoms with Crippen molar-refractivity contribution in [2.75, 3.05) is 7.11 Å². The Hall–Kier alpha value is -2.54. The molecule has 2 saturated carbocycles. The third-order valence-corrected chi connectivity index (χ3v) is 10.5. The van der Waals surface area contributed by atoms with E-state index < -0.39 is 5.54 Å². The molecule has 0 unspecified atom stereocenters. The van der Waals surface area contributed by atoms with Gasteiger partial charge in [-0.3, -0.25) is 4.79 Å². The third-order valence-electron chi connectivity index (χ3n) is 10.5. The Morgan fingerprint density at radius 3 is 2.71 bits per heavy atom. The molecule has 0 saturated heterocycles. The van der Waals surface area contributed by atoms with Crippen LogP contribution in [0.15, 0.2) is 47.6 Å². The van der Waals surface area contributed by atoms with E-state index in [1.54, 1.807) is 7.11 Å². The van der Waals surface area contributed by atoms with Gasteiger partial charge in [-0.2, -0.15) is 5.26 Å². The summed E-state index contributed by atoms with van der Waals surface area (Å²) in [6.45, 7) is 9.02. The fraction of sp³-hybridized carbons (Fsp3) is 0.613. The van der Waals surface area contributed by atoms with Crippen molar-refractivity contribution in [1.29, 1.82) is 5.26 Å². The predicted octanol–water partition coefficient (Wildman–Crippen LogP) is 6.69. The lowest BCUT2D eigenvalue weighted by molar-refractivity contribution is -0.133. The third kappa shape index (κ3) is 3.83. The SMILES string of the molecule is COc1cccc(C(C)(C)NC(=O)[C@H]2CC[C@H]3[C@@H]4CC=C5C=C(C#N)CC[C@]5(C)[C@H]4CC[C@]23C)c1. The van der Waals surface area contributed by atoms with Gasteiger partial charge in [0.15, 0.2) is 0 Å². The molecule has 1 amide bonds. The average Bonchev–Trinajstić information content (AvgIpc) is 3.20. The normalized spacial score (nSPS) is 36.0. The van der Waals surface area contributed by atoms with Gasteiger partial charge >= 0.3 is 0 Å². The van der Waals surface area contributed by atoms with E-state index in [1.165, 1.54) is 12.0 Å². The van der Waals surface area contributed by atoms with Crippen molar-refractivity contribution in [3.05, 3.63) is 53.1 Å². The van der Waals surface area contributed by atoms with Gasteiger partial charge in [0.2, 0.25) is 5.91 Å². The number of nitrogens with zero attached hydrogens (tertiary/aromatic N) is 1. The summed E-state index contributed by atoms with van der Waals surface area (Å²) in [5.41, 5.74) is 3.18. The van der Waals surface area contributed by atoms with E-state index in [9.17, 15) is 10.1 Å². The number of rotatable bonds is 4. The maximum Gasteiger partial charge on any atom is 0.224 e. The number of nitriles is 1. The standard InChI is InChI=1S/C31H40N2O2/c1-29(2,21-7-6-8-23(18-21)35-5)33-28(34)27-12-11-25-24-10-9-22-17-20(19-32)13-15-30(22,3)26(24)14-16-31(25,27)4/h6-9,17-18,24-27H,10-16H2,1-5H3,(H,33,34)/t24-,25-,26-,27+,30-,31-/m0/s1. The van der Waals surface area contributed by atoms with Crippen molar-refractivity contribution in [3.63, 3.8) is 0 Å². The lowest BCUT2D eigenvalue weighted by atomic mass is 9.48. The minimum absolute atomic E-state index is 0.0553. The summed E-state index contributed by atoms with van der Waals surface area (Å²) < 4.78 is 5.41. The molecule has 1 aromatic rings. The van der Waals surface area contributed by atoms with Gasteiger partial charge in [-0.1, -0.05) is 32.1 Å². The van der Waals surface area contributed by atoms with Crippen LogP contribution in [-0.2, 0) is 10.3 Å². The molecule has 1 N–H and O–H groups in total. The zero-order chi connectivity index (χ0) is 25.0. The van der Waals surface area contributed by atoms with Gasteiger partial charge in [0, 0.05) is 11.5 Å². The van der Waals surface area contributed by atoms with Gasteiger partial charge in [0.05, 0.1) is 18.7 Å². The molecule has 4 aliphatic carbocycles. The smallest absolute Gasteiger partial charge is 0.224 e. The predicted molar refractivity (Wildman–Crippen MR) is 138 cm³/mol. The highest BCUT2D eigenvalue weighted by molar-refractivity contribution is 5.81. The molecule has 4 nitrogen and oxygen atoms in total. The number of ether oxygens (including phenoxy) is 1. The molecule has 5 rings (SSSR count). The number of fused-ring (bicyclic) bond motifs is 5. The zero-order valence-corrected chi connectivity index (χ0v) is 22.0. The molecule has 1 aromatic carbocycles. The Morgan fingerprint density at radius 1 is 1.17 bits per heavy atom. The van der Waals surface area contributed by atoms with Crippen molar-refractivity contribution >= 4 is 5.91 Å². The molecular weight excluding hydrogens is 432 g/mol. The van der Waals surface area contributed by atoms with Gasteiger partial charge in [-0.15, -0.1) is 0 Å². The number of allylic oxidation sites excluding steroid dienone is 4. The molecule has 186 valence electrons. The van der Waals surface area contributed by atoms with E-state index in [0.29, 0.717) is 17.8 Å². The number of hydrogen-bond donors (Lipinski definition) is 1. The summed E-state index contributed by atoms with van der Waals surface area (Å²) in [4.78, 5) is 13.8. The topological polar surface area (TPSA) is 62.1 Å². The molecule has 4 heteroatoms. The molecular formula is C31H40N2O2. The Labute approximate surface area is 210 Å². The first-order valence-electron chi connectivity index (χ1n) is 13.4. The second-order valence-corrected chi connectivity index (χ2v) is 12.5. The van der Waals surface area contributed by atoms with Crippen LogP contribution in [0.5, 0.6) is 5.75 Å². The van der Waals surface area contributed by atoms with Crippen LogP contribution in [0.3, 0.4) is 0 Å². The number of nitrogens with one attached hydrogen (secondary N) is 1. The second kappa shape index (κ2) is 8.54. The second-order valence-electron chi connectivity index (χ2n) is 12.5. The quantitative estimate of drug-likeness (QED) is 0.531. The largest absolute Gasteiger partial charge is 0.497 e. The first-order valence-corrected chi connectivity index (χ1v) is 13.4. The highest BCUT2D eigenvalue weighted by atomic mass is 16.5. The average molecular weight is 473 g/mol. The van der Waals surface area contributed by atoms with Crippen LogP contribution in [0.1, 0.15) is 78.2 Å². The van der Waals surface area contributed by atoms with Crippen molar-refractivity contribution in [3.8, 4) is 11.8 Å². The molecule has 4 aliphatic rings. The minimum atomic E-state index is -0.458. The van der Waals surface area contributed by atoms with Crippen LogP contribution < -0.4 is 10.1 Å². The molecule has 0 heterocycles. The summed E-state index contributed by atoms with van der Waals surface area (Å²) in [5, 5.41) is 12.8. The van der Waals surface area contributed by atoms with Crippen LogP contribution >= 0.6 is 0 Å². The van der Waals surface area contributed by atoms with E-state index in [1.807, 2.05) is 18.2 Å². The van der Waals surface area contributed by atoms with Crippen LogP contribution in [-0.4, -0.2) is 13.0 Å². The number of carbonyl (C=O) groups excluding carboxylic acids is 1. The summed E-state index contributed by atoms with van der Waals surface area (Å²) >= 11 is 0. The Balaban J connectivity index is 1.36. The maximum atomic E-state index is 13.8. The summed E-state index contributed by atoms with van der Waals surface area (Å²) in [6.07, 6.45) is 12.1.